The molecule has 96 valence electrons. The van der Waals surface area contributed by atoms with Crippen LogP contribution >= 0.6 is 0 Å². The molecule has 5 heteroatoms. The first-order valence-corrected chi connectivity index (χ1v) is 6.29. The summed E-state index contributed by atoms with van der Waals surface area (Å²) in [5, 5.41) is 3.97. The van der Waals surface area contributed by atoms with E-state index >= 15 is 0 Å². The second kappa shape index (κ2) is 5.73. The third kappa shape index (κ3) is 2.56. The Balaban J connectivity index is 2.29. The van der Waals surface area contributed by atoms with Crippen molar-refractivity contribution < 1.29 is 4.52 Å². The van der Waals surface area contributed by atoms with Gasteiger partial charge in [0.15, 0.2) is 0 Å². The number of hydrogen-bond donors (Lipinski definition) is 1. The van der Waals surface area contributed by atoms with Gasteiger partial charge in [0.1, 0.15) is 5.69 Å². The number of rotatable bonds is 5. The molecule has 0 aliphatic rings. The van der Waals surface area contributed by atoms with E-state index in [4.69, 9.17) is 10.3 Å². The number of pyridine rings is 1. The Hall–Kier alpha value is -1.75. The summed E-state index contributed by atoms with van der Waals surface area (Å²) in [5.74, 6) is 1.01. The molecule has 2 heterocycles. The molecule has 0 amide bonds. The van der Waals surface area contributed by atoms with Crippen LogP contribution in [0.3, 0.4) is 0 Å². The summed E-state index contributed by atoms with van der Waals surface area (Å²) in [5.41, 5.74) is 7.83. The Morgan fingerprint density at radius 3 is 2.94 bits per heavy atom. The topological polar surface area (TPSA) is 77.8 Å². The monoisotopic (exact) mass is 246 g/mol. The fourth-order valence-electron chi connectivity index (χ4n) is 1.84. The number of hydrogen-bond acceptors (Lipinski definition) is 5. The van der Waals surface area contributed by atoms with Crippen LogP contribution in [0.25, 0.3) is 11.5 Å². The fraction of sp³-hybridized carbons (Fsp3) is 0.462. The van der Waals surface area contributed by atoms with Gasteiger partial charge in [-0.05, 0) is 24.5 Å². The molecule has 2 rings (SSSR count). The Kier molecular flexibility index (Phi) is 4.04. The Morgan fingerprint density at radius 2 is 2.22 bits per heavy atom. The highest BCUT2D eigenvalue weighted by Crippen LogP contribution is 2.21. The van der Waals surface area contributed by atoms with Crippen LogP contribution in [-0.4, -0.2) is 15.1 Å². The third-order valence-electron chi connectivity index (χ3n) is 2.84. The van der Waals surface area contributed by atoms with Crippen molar-refractivity contribution in [2.24, 2.45) is 5.73 Å². The minimum Gasteiger partial charge on any atom is -0.337 e. The summed E-state index contributed by atoms with van der Waals surface area (Å²) in [4.78, 5) is 8.65. The quantitative estimate of drug-likeness (QED) is 0.876. The van der Waals surface area contributed by atoms with Crippen molar-refractivity contribution in [3.63, 3.8) is 0 Å². The minimum atomic E-state index is -0.190. The van der Waals surface area contributed by atoms with E-state index in [0.29, 0.717) is 11.7 Å². The second-order valence-corrected chi connectivity index (χ2v) is 4.22. The average molecular weight is 246 g/mol. The molecule has 0 aromatic carbocycles. The molecule has 1 atom stereocenters. The van der Waals surface area contributed by atoms with Crippen molar-refractivity contribution in [3.05, 3.63) is 29.8 Å². The van der Waals surface area contributed by atoms with Gasteiger partial charge in [0.25, 0.3) is 0 Å². The van der Waals surface area contributed by atoms with E-state index in [0.717, 1.165) is 30.5 Å². The first-order valence-electron chi connectivity index (χ1n) is 6.29. The van der Waals surface area contributed by atoms with Crippen molar-refractivity contribution in [1.82, 2.24) is 15.1 Å². The lowest BCUT2D eigenvalue weighted by Crippen LogP contribution is -2.10. The van der Waals surface area contributed by atoms with E-state index < -0.39 is 0 Å². The second-order valence-electron chi connectivity index (χ2n) is 4.22. The first kappa shape index (κ1) is 12.7. The number of aryl methyl sites for hydroxylation is 1. The SMILES string of the molecule is CCC[C@H](N)c1nc(-c2ncccc2CC)no1. The molecule has 0 spiro atoms. The van der Waals surface area contributed by atoms with E-state index in [1.165, 1.54) is 0 Å². The Bertz CT molecular complexity index is 509. The lowest BCUT2D eigenvalue weighted by molar-refractivity contribution is 0.348. The van der Waals surface area contributed by atoms with Crippen LogP contribution in [0.15, 0.2) is 22.9 Å². The van der Waals surface area contributed by atoms with E-state index in [1.54, 1.807) is 6.20 Å². The number of aromatic nitrogens is 3. The summed E-state index contributed by atoms with van der Waals surface area (Å²) in [6.07, 6.45) is 4.44. The van der Waals surface area contributed by atoms with Crippen LogP contribution in [0.2, 0.25) is 0 Å². The normalized spacial score (nSPS) is 12.6. The zero-order valence-corrected chi connectivity index (χ0v) is 10.8. The van der Waals surface area contributed by atoms with E-state index in [9.17, 15) is 0 Å². The van der Waals surface area contributed by atoms with Gasteiger partial charge in [-0.1, -0.05) is 31.5 Å². The van der Waals surface area contributed by atoms with Gasteiger partial charge in [-0.25, -0.2) is 0 Å². The molecular weight excluding hydrogens is 228 g/mol. The largest absolute Gasteiger partial charge is 0.337 e. The summed E-state index contributed by atoms with van der Waals surface area (Å²) in [6, 6.07) is 3.74. The molecule has 0 saturated carbocycles. The van der Waals surface area contributed by atoms with E-state index in [2.05, 4.69) is 29.0 Å². The molecule has 18 heavy (non-hydrogen) atoms. The average Bonchev–Trinajstić information content (AvgIpc) is 2.88. The summed E-state index contributed by atoms with van der Waals surface area (Å²) >= 11 is 0. The molecule has 2 aromatic rings. The predicted molar refractivity (Wildman–Crippen MR) is 68.7 cm³/mol. The highest BCUT2D eigenvalue weighted by molar-refractivity contribution is 5.53. The van der Waals surface area contributed by atoms with Crippen molar-refractivity contribution in [1.29, 1.82) is 0 Å². The Morgan fingerprint density at radius 1 is 1.39 bits per heavy atom. The maximum Gasteiger partial charge on any atom is 0.243 e. The van der Waals surface area contributed by atoms with Gasteiger partial charge < -0.3 is 10.3 Å². The van der Waals surface area contributed by atoms with E-state index in [-0.39, 0.29) is 6.04 Å². The van der Waals surface area contributed by atoms with Gasteiger partial charge in [-0.3, -0.25) is 4.98 Å². The minimum absolute atomic E-state index is 0.190. The van der Waals surface area contributed by atoms with Gasteiger partial charge >= 0.3 is 0 Å². The maximum atomic E-state index is 5.95. The highest BCUT2D eigenvalue weighted by Gasteiger charge is 2.17. The number of nitrogens with two attached hydrogens (primary N) is 1. The van der Waals surface area contributed by atoms with Gasteiger partial charge in [0.2, 0.25) is 11.7 Å². The molecule has 5 nitrogen and oxygen atoms in total. The van der Waals surface area contributed by atoms with Crippen molar-refractivity contribution in [2.75, 3.05) is 0 Å². The van der Waals surface area contributed by atoms with Crippen LogP contribution in [0.1, 0.15) is 44.2 Å². The molecule has 2 aromatic heterocycles. The Labute approximate surface area is 106 Å². The molecule has 0 bridgehead atoms. The molecule has 0 aliphatic carbocycles. The van der Waals surface area contributed by atoms with E-state index in [1.807, 2.05) is 12.1 Å². The first-order chi connectivity index (χ1) is 8.76. The third-order valence-corrected chi connectivity index (χ3v) is 2.84. The van der Waals surface area contributed by atoms with Crippen LogP contribution in [-0.2, 0) is 6.42 Å². The highest BCUT2D eigenvalue weighted by atomic mass is 16.5. The molecular formula is C13H18N4O. The molecule has 0 radical (unpaired) electrons. The fourth-order valence-corrected chi connectivity index (χ4v) is 1.84. The smallest absolute Gasteiger partial charge is 0.243 e. The summed E-state index contributed by atoms with van der Waals surface area (Å²) in [7, 11) is 0. The van der Waals surface area contributed by atoms with Crippen LogP contribution in [0.5, 0.6) is 0 Å². The predicted octanol–water partition coefficient (Wildman–Crippen LogP) is 2.49. The van der Waals surface area contributed by atoms with Gasteiger partial charge in [0, 0.05) is 6.20 Å². The molecule has 2 N–H and O–H groups in total. The van der Waals surface area contributed by atoms with Crippen molar-refractivity contribution in [2.45, 2.75) is 39.2 Å². The van der Waals surface area contributed by atoms with Crippen molar-refractivity contribution >= 4 is 0 Å². The zero-order chi connectivity index (χ0) is 13.0. The van der Waals surface area contributed by atoms with Crippen LogP contribution in [0, 0.1) is 0 Å². The molecule has 0 saturated heterocycles. The van der Waals surface area contributed by atoms with Gasteiger partial charge in [-0.2, -0.15) is 4.98 Å². The molecule has 0 unspecified atom stereocenters. The lowest BCUT2D eigenvalue weighted by atomic mass is 10.1. The number of nitrogens with zero attached hydrogens (tertiary/aromatic N) is 3. The maximum absolute atomic E-state index is 5.95. The molecule has 0 fully saturated rings. The lowest BCUT2D eigenvalue weighted by Gasteiger charge is -2.02. The summed E-state index contributed by atoms with van der Waals surface area (Å²) in [6.45, 7) is 4.15. The van der Waals surface area contributed by atoms with Crippen LogP contribution in [0.4, 0.5) is 0 Å². The summed E-state index contributed by atoms with van der Waals surface area (Å²) < 4.78 is 5.21. The van der Waals surface area contributed by atoms with Crippen molar-refractivity contribution in [3.8, 4) is 11.5 Å². The molecule has 0 aliphatic heterocycles. The standard InChI is InChI=1S/C13H18N4O/c1-3-6-10(14)13-16-12(17-18-13)11-9(4-2)7-5-8-15-11/h5,7-8,10H,3-4,6,14H2,1-2H3/t10-/m0/s1. The van der Waals surface area contributed by atoms with Crippen LogP contribution < -0.4 is 5.73 Å². The van der Waals surface area contributed by atoms with Gasteiger partial charge in [0.05, 0.1) is 6.04 Å². The van der Waals surface area contributed by atoms with Gasteiger partial charge in [-0.15, -0.1) is 0 Å². The zero-order valence-electron chi connectivity index (χ0n) is 10.8.